The molecule has 1 aromatic rings. The molecule has 3 rings (SSSR count). The monoisotopic (exact) mass is 274 g/mol. The van der Waals surface area contributed by atoms with Crippen molar-refractivity contribution >= 4 is 0 Å². The molecule has 0 spiro atoms. The standard InChI is InChI=1S/C17H26N2O/c1-3-16(13-4-6-15(20-2)7-5-13)18-17-9-11-19-10-8-14(17)12-19/h4-7,14,16-18H,3,8-12H2,1-2H3. The van der Waals surface area contributed by atoms with Crippen molar-refractivity contribution < 1.29 is 4.74 Å². The zero-order chi connectivity index (χ0) is 13.9. The molecule has 2 aliphatic heterocycles. The van der Waals surface area contributed by atoms with Crippen LogP contribution in [0.5, 0.6) is 5.75 Å². The van der Waals surface area contributed by atoms with Crippen LogP contribution in [0, 0.1) is 5.92 Å². The van der Waals surface area contributed by atoms with Crippen LogP contribution in [0.2, 0.25) is 0 Å². The summed E-state index contributed by atoms with van der Waals surface area (Å²) in [5.74, 6) is 1.80. The second-order valence-corrected chi connectivity index (χ2v) is 6.15. The summed E-state index contributed by atoms with van der Waals surface area (Å²) in [5.41, 5.74) is 1.38. The third kappa shape index (κ3) is 2.84. The third-order valence-corrected chi connectivity index (χ3v) is 4.98. The highest BCUT2D eigenvalue weighted by Crippen LogP contribution is 2.30. The second kappa shape index (κ2) is 6.15. The van der Waals surface area contributed by atoms with Crippen LogP contribution in [0.15, 0.2) is 24.3 Å². The maximum absolute atomic E-state index is 5.25. The number of rotatable bonds is 5. The lowest BCUT2D eigenvalue weighted by molar-refractivity contribution is 0.208. The van der Waals surface area contributed by atoms with Gasteiger partial charge in [-0.1, -0.05) is 19.1 Å². The van der Waals surface area contributed by atoms with E-state index in [2.05, 4.69) is 41.4 Å². The molecule has 2 saturated heterocycles. The van der Waals surface area contributed by atoms with Gasteiger partial charge < -0.3 is 15.0 Å². The minimum absolute atomic E-state index is 0.470. The van der Waals surface area contributed by atoms with E-state index < -0.39 is 0 Å². The first-order chi connectivity index (χ1) is 9.80. The Morgan fingerprint density at radius 1 is 1.25 bits per heavy atom. The molecule has 0 radical (unpaired) electrons. The number of methoxy groups -OCH3 is 1. The van der Waals surface area contributed by atoms with Crippen LogP contribution in [-0.4, -0.2) is 37.7 Å². The Balaban J connectivity index is 1.66. The van der Waals surface area contributed by atoms with Crippen molar-refractivity contribution in [2.24, 2.45) is 5.92 Å². The predicted octanol–water partition coefficient (Wildman–Crippen LogP) is 2.83. The first-order valence-corrected chi connectivity index (χ1v) is 7.92. The highest BCUT2D eigenvalue weighted by Gasteiger charge is 2.34. The van der Waals surface area contributed by atoms with Gasteiger partial charge in [-0.3, -0.25) is 0 Å². The average molecular weight is 274 g/mol. The normalized spacial score (nSPS) is 30.2. The Bertz CT molecular complexity index is 431. The summed E-state index contributed by atoms with van der Waals surface area (Å²) in [6, 6.07) is 9.70. The molecule has 20 heavy (non-hydrogen) atoms. The van der Waals surface area contributed by atoms with Crippen LogP contribution in [-0.2, 0) is 0 Å². The van der Waals surface area contributed by atoms with Gasteiger partial charge in [0.25, 0.3) is 0 Å². The zero-order valence-corrected chi connectivity index (χ0v) is 12.6. The Kier molecular flexibility index (Phi) is 4.27. The van der Waals surface area contributed by atoms with Crippen LogP contribution in [0.4, 0.5) is 0 Å². The SMILES string of the molecule is CCC(NC1CCN2CCC1C2)c1ccc(OC)cc1. The molecule has 0 aromatic heterocycles. The molecule has 2 fully saturated rings. The Morgan fingerprint density at radius 3 is 2.70 bits per heavy atom. The summed E-state index contributed by atoms with van der Waals surface area (Å²) in [6.45, 7) is 6.15. The van der Waals surface area contributed by atoms with E-state index in [9.17, 15) is 0 Å². The average Bonchev–Trinajstić information content (AvgIpc) is 2.89. The van der Waals surface area contributed by atoms with Crippen LogP contribution in [0.3, 0.4) is 0 Å². The van der Waals surface area contributed by atoms with Gasteiger partial charge in [-0.2, -0.15) is 0 Å². The summed E-state index contributed by atoms with van der Waals surface area (Å²) < 4.78 is 5.25. The molecule has 2 heterocycles. The van der Waals surface area contributed by atoms with E-state index in [1.807, 2.05) is 0 Å². The van der Waals surface area contributed by atoms with E-state index >= 15 is 0 Å². The lowest BCUT2D eigenvalue weighted by atomic mass is 9.92. The van der Waals surface area contributed by atoms with E-state index in [1.165, 1.54) is 38.0 Å². The number of ether oxygens (including phenoxy) is 1. The van der Waals surface area contributed by atoms with Crippen molar-refractivity contribution in [1.29, 1.82) is 0 Å². The van der Waals surface area contributed by atoms with Crippen LogP contribution < -0.4 is 10.1 Å². The van der Waals surface area contributed by atoms with E-state index in [4.69, 9.17) is 4.74 Å². The van der Waals surface area contributed by atoms with Gasteiger partial charge in [-0.15, -0.1) is 0 Å². The maximum Gasteiger partial charge on any atom is 0.118 e. The van der Waals surface area contributed by atoms with Gasteiger partial charge in [0.15, 0.2) is 0 Å². The number of piperidine rings is 1. The third-order valence-electron chi connectivity index (χ3n) is 4.98. The summed E-state index contributed by atoms with van der Waals surface area (Å²) in [5, 5.41) is 3.92. The molecular weight excluding hydrogens is 248 g/mol. The minimum Gasteiger partial charge on any atom is -0.497 e. The molecule has 3 heteroatoms. The van der Waals surface area contributed by atoms with Crippen molar-refractivity contribution in [3.05, 3.63) is 29.8 Å². The van der Waals surface area contributed by atoms with E-state index in [0.29, 0.717) is 12.1 Å². The van der Waals surface area contributed by atoms with E-state index in [0.717, 1.165) is 18.1 Å². The van der Waals surface area contributed by atoms with Crippen LogP contribution in [0.1, 0.15) is 37.8 Å². The molecule has 0 saturated carbocycles. The van der Waals surface area contributed by atoms with Crippen molar-refractivity contribution in [2.75, 3.05) is 26.7 Å². The fourth-order valence-corrected chi connectivity index (χ4v) is 3.72. The van der Waals surface area contributed by atoms with Gasteiger partial charge in [0.05, 0.1) is 7.11 Å². The van der Waals surface area contributed by atoms with Crippen LogP contribution >= 0.6 is 0 Å². The number of nitrogens with one attached hydrogen (secondary N) is 1. The number of nitrogens with zero attached hydrogens (tertiary/aromatic N) is 1. The predicted molar refractivity (Wildman–Crippen MR) is 82.1 cm³/mol. The smallest absolute Gasteiger partial charge is 0.118 e. The summed E-state index contributed by atoms with van der Waals surface area (Å²) >= 11 is 0. The fourth-order valence-electron chi connectivity index (χ4n) is 3.72. The minimum atomic E-state index is 0.470. The molecule has 0 aliphatic carbocycles. The van der Waals surface area contributed by atoms with Gasteiger partial charge in [-0.25, -0.2) is 0 Å². The van der Waals surface area contributed by atoms with Crippen molar-refractivity contribution in [3.8, 4) is 5.75 Å². The summed E-state index contributed by atoms with van der Waals surface area (Å²) in [6.07, 6.45) is 3.81. The number of fused-ring (bicyclic) bond motifs is 2. The maximum atomic E-state index is 5.25. The second-order valence-electron chi connectivity index (χ2n) is 6.15. The highest BCUT2D eigenvalue weighted by atomic mass is 16.5. The first kappa shape index (κ1) is 13.9. The van der Waals surface area contributed by atoms with Gasteiger partial charge in [-0.05, 0) is 56.0 Å². The Hall–Kier alpha value is -1.06. The van der Waals surface area contributed by atoms with Crippen LogP contribution in [0.25, 0.3) is 0 Å². The lowest BCUT2D eigenvalue weighted by Gasteiger charge is -2.34. The van der Waals surface area contributed by atoms with Gasteiger partial charge in [0, 0.05) is 18.6 Å². The summed E-state index contributed by atoms with van der Waals surface area (Å²) in [4.78, 5) is 2.61. The molecule has 2 aliphatic rings. The Labute approximate surface area is 122 Å². The number of benzene rings is 1. The largest absolute Gasteiger partial charge is 0.497 e. The Morgan fingerprint density at radius 2 is 2.00 bits per heavy atom. The van der Waals surface area contributed by atoms with Gasteiger partial charge in [0.2, 0.25) is 0 Å². The van der Waals surface area contributed by atoms with Crippen molar-refractivity contribution in [3.63, 3.8) is 0 Å². The first-order valence-electron chi connectivity index (χ1n) is 7.92. The molecular formula is C17H26N2O. The van der Waals surface area contributed by atoms with Crippen molar-refractivity contribution in [2.45, 2.75) is 38.3 Å². The molecule has 1 N–H and O–H groups in total. The highest BCUT2D eigenvalue weighted by molar-refractivity contribution is 5.29. The van der Waals surface area contributed by atoms with Gasteiger partial charge >= 0.3 is 0 Å². The molecule has 4 unspecified atom stereocenters. The molecule has 3 nitrogen and oxygen atoms in total. The zero-order valence-electron chi connectivity index (χ0n) is 12.6. The fraction of sp³-hybridized carbons (Fsp3) is 0.647. The van der Waals surface area contributed by atoms with Gasteiger partial charge in [0.1, 0.15) is 5.75 Å². The molecule has 2 bridgehead atoms. The molecule has 0 amide bonds. The summed E-state index contributed by atoms with van der Waals surface area (Å²) in [7, 11) is 1.72. The molecule has 4 atom stereocenters. The topological polar surface area (TPSA) is 24.5 Å². The molecule has 110 valence electrons. The van der Waals surface area contributed by atoms with E-state index in [1.54, 1.807) is 7.11 Å². The van der Waals surface area contributed by atoms with E-state index in [-0.39, 0.29) is 0 Å². The lowest BCUT2D eigenvalue weighted by Crippen LogP contribution is -2.45. The molecule has 1 aromatic carbocycles. The number of hydrogen-bond donors (Lipinski definition) is 1. The quantitative estimate of drug-likeness (QED) is 0.893. The van der Waals surface area contributed by atoms with Crippen molar-refractivity contribution in [1.82, 2.24) is 10.2 Å². The number of hydrogen-bond acceptors (Lipinski definition) is 3.